The Morgan fingerprint density at radius 2 is 1.81 bits per heavy atom. The van der Waals surface area contributed by atoms with Gasteiger partial charge in [-0.15, -0.1) is 0 Å². The van der Waals surface area contributed by atoms with E-state index < -0.39 is 0 Å². The molecule has 0 radical (unpaired) electrons. The number of rotatable bonds is 7. The molecule has 0 atom stereocenters. The molecule has 3 aromatic rings. The Labute approximate surface area is 184 Å². The van der Waals surface area contributed by atoms with Crippen LogP contribution in [-0.4, -0.2) is 51.3 Å². The van der Waals surface area contributed by atoms with Crippen LogP contribution in [0.1, 0.15) is 30.9 Å². The summed E-state index contributed by atoms with van der Waals surface area (Å²) in [6.07, 6.45) is 5.50. The van der Waals surface area contributed by atoms with Crippen LogP contribution in [0.3, 0.4) is 0 Å². The topological polar surface area (TPSA) is 70.4 Å². The maximum absolute atomic E-state index is 4.80. The Kier molecular flexibility index (Phi) is 7.28. The Hall–Kier alpha value is -3.19. The number of nitrogens with one attached hydrogen (secondary N) is 2. The summed E-state index contributed by atoms with van der Waals surface area (Å²) in [4.78, 5) is 11.3. The zero-order chi connectivity index (χ0) is 21.3. The van der Waals surface area contributed by atoms with Gasteiger partial charge in [-0.05, 0) is 43.0 Å². The van der Waals surface area contributed by atoms with E-state index in [1.807, 2.05) is 12.1 Å². The van der Waals surface area contributed by atoms with Crippen LogP contribution < -0.4 is 10.6 Å². The summed E-state index contributed by atoms with van der Waals surface area (Å²) >= 11 is 0. The van der Waals surface area contributed by atoms with Gasteiger partial charge in [-0.1, -0.05) is 42.5 Å². The Bertz CT molecular complexity index is 928. The van der Waals surface area contributed by atoms with E-state index >= 15 is 0 Å². The molecule has 0 saturated carbocycles. The summed E-state index contributed by atoms with van der Waals surface area (Å²) in [5.41, 5.74) is 3.55. The Morgan fingerprint density at radius 3 is 2.48 bits per heavy atom. The molecule has 7 heteroatoms. The molecule has 1 aromatic heterocycles. The fraction of sp³-hybridized carbons (Fsp3) is 0.375. The molecule has 4 rings (SSSR count). The molecule has 1 saturated heterocycles. The first kappa shape index (κ1) is 21.1. The van der Waals surface area contributed by atoms with Crippen LogP contribution in [-0.2, 0) is 13.1 Å². The third-order valence-electron chi connectivity index (χ3n) is 5.56. The molecular formula is C24H31N7. The molecule has 7 nitrogen and oxygen atoms in total. The molecule has 0 bridgehead atoms. The van der Waals surface area contributed by atoms with Gasteiger partial charge in [-0.2, -0.15) is 5.10 Å². The molecule has 2 aromatic carbocycles. The van der Waals surface area contributed by atoms with E-state index in [9.17, 15) is 0 Å². The summed E-state index contributed by atoms with van der Waals surface area (Å²) in [6.45, 7) is 6.84. The molecule has 0 spiro atoms. The monoisotopic (exact) mass is 417 g/mol. The fourth-order valence-electron chi connectivity index (χ4n) is 3.86. The van der Waals surface area contributed by atoms with Crippen LogP contribution in [0.15, 0.2) is 72.2 Å². The second-order valence-corrected chi connectivity index (χ2v) is 7.88. The Morgan fingerprint density at radius 1 is 1.03 bits per heavy atom. The zero-order valence-corrected chi connectivity index (χ0v) is 18.1. The SMILES string of the molecule is CCNC(=NCc1ccc(-n2cncn2)cc1)NC1CCN(Cc2ccccc2)CC1. The van der Waals surface area contributed by atoms with E-state index in [1.54, 1.807) is 17.3 Å². The van der Waals surface area contributed by atoms with Gasteiger partial charge in [0.15, 0.2) is 5.96 Å². The first-order valence-corrected chi connectivity index (χ1v) is 11.0. The highest BCUT2D eigenvalue weighted by Gasteiger charge is 2.20. The fourth-order valence-corrected chi connectivity index (χ4v) is 3.86. The van der Waals surface area contributed by atoms with E-state index in [-0.39, 0.29) is 0 Å². The van der Waals surface area contributed by atoms with Crippen molar-refractivity contribution in [3.8, 4) is 5.69 Å². The molecule has 1 aliphatic heterocycles. The van der Waals surface area contributed by atoms with Crippen molar-refractivity contribution in [1.29, 1.82) is 0 Å². The van der Waals surface area contributed by atoms with E-state index in [2.05, 4.69) is 75.0 Å². The van der Waals surface area contributed by atoms with Crippen LogP contribution in [0.4, 0.5) is 0 Å². The molecular weight excluding hydrogens is 386 g/mol. The number of likely N-dealkylation sites (tertiary alicyclic amines) is 1. The minimum atomic E-state index is 0.458. The van der Waals surface area contributed by atoms with Crippen molar-refractivity contribution in [3.63, 3.8) is 0 Å². The van der Waals surface area contributed by atoms with Crippen molar-refractivity contribution in [2.75, 3.05) is 19.6 Å². The maximum atomic E-state index is 4.80. The number of piperidine rings is 1. The minimum absolute atomic E-state index is 0.458. The van der Waals surface area contributed by atoms with Crippen LogP contribution in [0.5, 0.6) is 0 Å². The lowest BCUT2D eigenvalue weighted by Gasteiger charge is -2.33. The summed E-state index contributed by atoms with van der Waals surface area (Å²) in [7, 11) is 0. The van der Waals surface area contributed by atoms with Crippen LogP contribution >= 0.6 is 0 Å². The highest BCUT2D eigenvalue weighted by atomic mass is 15.3. The normalized spacial score (nSPS) is 15.7. The van der Waals surface area contributed by atoms with Gasteiger partial charge >= 0.3 is 0 Å². The molecule has 1 aliphatic rings. The van der Waals surface area contributed by atoms with Crippen molar-refractivity contribution in [3.05, 3.63) is 78.4 Å². The van der Waals surface area contributed by atoms with Gasteiger partial charge in [0.25, 0.3) is 0 Å². The molecule has 31 heavy (non-hydrogen) atoms. The van der Waals surface area contributed by atoms with E-state index in [0.717, 1.165) is 50.7 Å². The first-order valence-electron chi connectivity index (χ1n) is 11.0. The van der Waals surface area contributed by atoms with Gasteiger partial charge in [-0.25, -0.2) is 14.7 Å². The van der Waals surface area contributed by atoms with Gasteiger partial charge in [0, 0.05) is 32.2 Å². The molecule has 162 valence electrons. The van der Waals surface area contributed by atoms with E-state index in [0.29, 0.717) is 12.6 Å². The number of aliphatic imine (C=N–C) groups is 1. The largest absolute Gasteiger partial charge is 0.357 e. The van der Waals surface area contributed by atoms with Crippen LogP contribution in [0.25, 0.3) is 5.69 Å². The number of hydrogen-bond acceptors (Lipinski definition) is 4. The number of benzene rings is 2. The van der Waals surface area contributed by atoms with Crippen molar-refractivity contribution < 1.29 is 0 Å². The maximum Gasteiger partial charge on any atom is 0.191 e. The summed E-state index contributed by atoms with van der Waals surface area (Å²) in [5, 5.41) is 11.2. The second kappa shape index (κ2) is 10.7. The van der Waals surface area contributed by atoms with Gasteiger partial charge in [0.1, 0.15) is 12.7 Å². The quantitative estimate of drug-likeness (QED) is 0.457. The summed E-state index contributed by atoms with van der Waals surface area (Å²) < 4.78 is 1.75. The lowest BCUT2D eigenvalue weighted by atomic mass is 10.0. The third kappa shape index (κ3) is 6.15. The standard InChI is InChI=1S/C24H31N7/c1-2-26-24(27-16-20-8-10-23(11-9-20)31-19-25-18-28-31)29-22-12-14-30(15-13-22)17-21-6-4-3-5-7-21/h3-11,18-19,22H,2,12-17H2,1H3,(H2,26,27,29). The van der Waals surface area contributed by atoms with E-state index in [4.69, 9.17) is 4.99 Å². The highest BCUT2D eigenvalue weighted by Crippen LogP contribution is 2.14. The Balaban J connectivity index is 1.28. The number of hydrogen-bond donors (Lipinski definition) is 2. The average molecular weight is 418 g/mol. The van der Waals surface area contributed by atoms with Crippen molar-refractivity contribution in [2.24, 2.45) is 4.99 Å². The van der Waals surface area contributed by atoms with Crippen LogP contribution in [0, 0.1) is 0 Å². The van der Waals surface area contributed by atoms with Crippen molar-refractivity contribution in [2.45, 2.75) is 38.9 Å². The van der Waals surface area contributed by atoms with Gasteiger partial charge < -0.3 is 10.6 Å². The predicted octanol–water partition coefficient (Wildman–Crippen LogP) is 2.99. The van der Waals surface area contributed by atoms with Crippen molar-refractivity contribution in [1.82, 2.24) is 30.3 Å². The van der Waals surface area contributed by atoms with Gasteiger partial charge in [0.2, 0.25) is 0 Å². The van der Waals surface area contributed by atoms with E-state index in [1.165, 1.54) is 11.1 Å². The molecule has 2 N–H and O–H groups in total. The molecule has 0 aliphatic carbocycles. The number of aromatic nitrogens is 3. The predicted molar refractivity (Wildman–Crippen MR) is 124 cm³/mol. The lowest BCUT2D eigenvalue weighted by Crippen LogP contribution is -2.48. The molecule has 0 unspecified atom stereocenters. The third-order valence-corrected chi connectivity index (χ3v) is 5.56. The smallest absolute Gasteiger partial charge is 0.191 e. The highest BCUT2D eigenvalue weighted by molar-refractivity contribution is 5.80. The van der Waals surface area contributed by atoms with Gasteiger partial charge in [0.05, 0.1) is 12.2 Å². The summed E-state index contributed by atoms with van der Waals surface area (Å²) in [5.74, 6) is 0.893. The number of guanidine groups is 1. The molecule has 0 amide bonds. The second-order valence-electron chi connectivity index (χ2n) is 7.88. The number of nitrogens with zero attached hydrogens (tertiary/aromatic N) is 5. The minimum Gasteiger partial charge on any atom is -0.357 e. The lowest BCUT2D eigenvalue weighted by molar-refractivity contribution is 0.198. The van der Waals surface area contributed by atoms with Gasteiger partial charge in [-0.3, -0.25) is 4.90 Å². The first-order chi connectivity index (χ1) is 15.3. The molecule has 1 fully saturated rings. The zero-order valence-electron chi connectivity index (χ0n) is 18.1. The average Bonchev–Trinajstić information content (AvgIpc) is 3.35. The van der Waals surface area contributed by atoms with Crippen molar-refractivity contribution >= 4 is 5.96 Å². The summed E-state index contributed by atoms with van der Waals surface area (Å²) in [6, 6.07) is 19.4. The van der Waals surface area contributed by atoms with Crippen LogP contribution in [0.2, 0.25) is 0 Å². The molecule has 2 heterocycles.